The summed E-state index contributed by atoms with van der Waals surface area (Å²) in [5, 5.41) is 5.34. The number of hydrogen-bond acceptors (Lipinski definition) is 5. The summed E-state index contributed by atoms with van der Waals surface area (Å²) in [7, 11) is 0. The van der Waals surface area contributed by atoms with E-state index in [4.69, 9.17) is 14.9 Å². The van der Waals surface area contributed by atoms with Gasteiger partial charge in [-0.1, -0.05) is 36.4 Å². The normalized spacial score (nSPS) is 11.9. The number of ether oxygens (including phenoxy) is 1. The minimum absolute atomic E-state index is 0.0665. The van der Waals surface area contributed by atoms with E-state index in [-0.39, 0.29) is 5.76 Å². The molecule has 1 atom stereocenters. The molecule has 31 heavy (non-hydrogen) atoms. The summed E-state index contributed by atoms with van der Waals surface area (Å²) in [6.07, 6.45) is -1.06. The molecule has 0 aliphatic rings. The van der Waals surface area contributed by atoms with Gasteiger partial charge in [0.1, 0.15) is 5.58 Å². The lowest BCUT2D eigenvalue weighted by molar-refractivity contribution is -0.123. The molecule has 0 spiro atoms. The summed E-state index contributed by atoms with van der Waals surface area (Å²) in [6, 6.07) is 17.7. The fraction of sp³-hybridized carbons (Fsp3) is 0.125. The van der Waals surface area contributed by atoms with Gasteiger partial charge in [0.2, 0.25) is 11.7 Å². The minimum Gasteiger partial charge on any atom is -0.448 e. The second kappa shape index (κ2) is 7.95. The summed E-state index contributed by atoms with van der Waals surface area (Å²) in [6.45, 7) is 3.25. The molecule has 156 valence electrons. The van der Waals surface area contributed by atoms with Gasteiger partial charge in [0.25, 0.3) is 5.91 Å². The van der Waals surface area contributed by atoms with Gasteiger partial charge < -0.3 is 20.2 Å². The maximum absolute atomic E-state index is 12.7. The number of esters is 1. The van der Waals surface area contributed by atoms with Gasteiger partial charge in [-0.15, -0.1) is 0 Å². The lowest BCUT2D eigenvalue weighted by Crippen LogP contribution is -2.30. The second-order valence-corrected chi connectivity index (χ2v) is 7.20. The summed E-state index contributed by atoms with van der Waals surface area (Å²) < 4.78 is 11.2. The van der Waals surface area contributed by atoms with Crippen LogP contribution in [0.1, 0.15) is 33.4 Å². The Labute approximate surface area is 177 Å². The van der Waals surface area contributed by atoms with E-state index >= 15 is 0 Å². The van der Waals surface area contributed by atoms with E-state index in [2.05, 4.69) is 5.32 Å². The second-order valence-electron chi connectivity index (χ2n) is 7.20. The van der Waals surface area contributed by atoms with Crippen LogP contribution in [-0.2, 0) is 9.53 Å². The van der Waals surface area contributed by atoms with Gasteiger partial charge in [0.15, 0.2) is 6.10 Å². The van der Waals surface area contributed by atoms with Crippen molar-refractivity contribution in [3.05, 3.63) is 77.6 Å². The van der Waals surface area contributed by atoms with Crippen molar-refractivity contribution in [1.82, 2.24) is 0 Å². The fourth-order valence-corrected chi connectivity index (χ4v) is 3.37. The van der Waals surface area contributed by atoms with Crippen LogP contribution in [0.2, 0.25) is 0 Å². The van der Waals surface area contributed by atoms with Crippen LogP contribution >= 0.6 is 0 Å². The number of nitrogens with two attached hydrogens (primary N) is 1. The number of rotatable bonds is 5. The molecule has 0 radical (unpaired) electrons. The lowest BCUT2D eigenvalue weighted by Gasteiger charge is -2.13. The highest BCUT2D eigenvalue weighted by Crippen LogP contribution is 2.32. The SMILES string of the molecule is Cc1c(C(=O)O[C@@H](C)C(=O)Nc2ccc(C(N)=O)cc2)oc2c1ccc1ccccc12. The number of primary amides is 1. The molecule has 4 aromatic rings. The molecule has 7 nitrogen and oxygen atoms in total. The first kappa shape index (κ1) is 20.2. The van der Waals surface area contributed by atoms with Gasteiger partial charge in [-0.2, -0.15) is 0 Å². The van der Waals surface area contributed by atoms with Crippen LogP contribution < -0.4 is 11.1 Å². The first-order valence-corrected chi connectivity index (χ1v) is 9.67. The maximum atomic E-state index is 12.7. The van der Waals surface area contributed by atoms with Crippen LogP contribution in [0.15, 0.2) is 65.1 Å². The Morgan fingerprint density at radius 2 is 1.68 bits per heavy atom. The van der Waals surface area contributed by atoms with Gasteiger partial charge in [0.05, 0.1) is 0 Å². The van der Waals surface area contributed by atoms with Crippen LogP contribution in [0.25, 0.3) is 21.7 Å². The van der Waals surface area contributed by atoms with E-state index in [0.29, 0.717) is 22.4 Å². The zero-order valence-electron chi connectivity index (χ0n) is 17.0. The van der Waals surface area contributed by atoms with Crippen LogP contribution in [0, 0.1) is 6.92 Å². The number of furan rings is 1. The number of nitrogens with one attached hydrogen (secondary N) is 1. The topological polar surface area (TPSA) is 112 Å². The highest BCUT2D eigenvalue weighted by molar-refractivity contribution is 6.08. The van der Waals surface area contributed by atoms with Gasteiger partial charge in [-0.25, -0.2) is 4.79 Å². The van der Waals surface area contributed by atoms with E-state index in [0.717, 1.165) is 16.2 Å². The Balaban J connectivity index is 1.51. The molecular formula is C24H20N2O5. The smallest absolute Gasteiger partial charge is 0.375 e. The number of anilines is 1. The Morgan fingerprint density at radius 3 is 2.39 bits per heavy atom. The molecule has 2 amide bonds. The molecule has 4 rings (SSSR count). The van der Waals surface area contributed by atoms with Gasteiger partial charge in [-0.05, 0) is 43.5 Å². The van der Waals surface area contributed by atoms with Crippen molar-refractivity contribution in [3.8, 4) is 0 Å². The Kier molecular flexibility index (Phi) is 5.17. The molecule has 3 N–H and O–H groups in total. The zero-order chi connectivity index (χ0) is 22.1. The van der Waals surface area contributed by atoms with Crippen LogP contribution in [-0.4, -0.2) is 23.9 Å². The third-order valence-electron chi connectivity index (χ3n) is 5.10. The van der Waals surface area contributed by atoms with Crippen LogP contribution in [0.3, 0.4) is 0 Å². The van der Waals surface area contributed by atoms with E-state index < -0.39 is 23.9 Å². The van der Waals surface area contributed by atoms with Crippen molar-refractivity contribution in [1.29, 1.82) is 0 Å². The number of benzene rings is 3. The molecule has 0 bridgehead atoms. The van der Waals surface area contributed by atoms with Crippen LogP contribution in [0.5, 0.6) is 0 Å². The number of aryl methyl sites for hydroxylation is 1. The average Bonchev–Trinajstić information content (AvgIpc) is 3.11. The first-order valence-electron chi connectivity index (χ1n) is 9.67. The third kappa shape index (κ3) is 3.85. The Bertz CT molecular complexity index is 1320. The summed E-state index contributed by atoms with van der Waals surface area (Å²) in [5.41, 5.74) is 7.23. The van der Waals surface area contributed by atoms with Crippen molar-refractivity contribution < 1.29 is 23.5 Å². The zero-order valence-corrected chi connectivity index (χ0v) is 17.0. The standard InChI is InChI=1S/C24H20N2O5/c1-13-18-12-9-15-5-3-4-6-19(15)21(18)31-20(13)24(29)30-14(2)23(28)26-17-10-7-16(8-11-17)22(25)27/h3-12,14H,1-2H3,(H2,25,27)(H,26,28)/t14-/m0/s1. The lowest BCUT2D eigenvalue weighted by atomic mass is 10.1. The molecule has 0 aliphatic heterocycles. The Hall–Kier alpha value is -4.13. The molecule has 7 heteroatoms. The monoisotopic (exact) mass is 416 g/mol. The molecule has 1 aromatic heterocycles. The van der Waals surface area contributed by atoms with Crippen LogP contribution in [0.4, 0.5) is 5.69 Å². The van der Waals surface area contributed by atoms with Gasteiger partial charge in [-0.3, -0.25) is 9.59 Å². The Morgan fingerprint density at radius 1 is 0.968 bits per heavy atom. The highest BCUT2D eigenvalue weighted by Gasteiger charge is 2.25. The predicted octanol–water partition coefficient (Wildman–Crippen LogP) is 4.18. The quantitative estimate of drug-likeness (QED) is 0.474. The molecule has 0 saturated heterocycles. The fourth-order valence-electron chi connectivity index (χ4n) is 3.37. The number of carbonyl (C=O) groups is 3. The van der Waals surface area contributed by atoms with E-state index in [1.54, 1.807) is 19.1 Å². The number of carbonyl (C=O) groups excluding carboxylic acids is 3. The molecule has 0 fully saturated rings. The maximum Gasteiger partial charge on any atom is 0.375 e. The first-order chi connectivity index (χ1) is 14.8. The summed E-state index contributed by atoms with van der Waals surface area (Å²) in [4.78, 5) is 36.3. The van der Waals surface area contributed by atoms with E-state index in [9.17, 15) is 14.4 Å². The van der Waals surface area contributed by atoms with Crippen molar-refractivity contribution in [2.45, 2.75) is 20.0 Å². The minimum atomic E-state index is -1.06. The van der Waals surface area contributed by atoms with Crippen molar-refractivity contribution in [3.63, 3.8) is 0 Å². The third-order valence-corrected chi connectivity index (χ3v) is 5.10. The molecule has 3 aromatic carbocycles. The van der Waals surface area contributed by atoms with Gasteiger partial charge >= 0.3 is 5.97 Å². The summed E-state index contributed by atoms with van der Waals surface area (Å²) in [5.74, 6) is -1.73. The van der Waals surface area contributed by atoms with E-state index in [1.165, 1.54) is 19.1 Å². The van der Waals surface area contributed by atoms with Crippen molar-refractivity contribution in [2.75, 3.05) is 5.32 Å². The highest BCUT2D eigenvalue weighted by atomic mass is 16.6. The van der Waals surface area contributed by atoms with Gasteiger partial charge in [0, 0.05) is 27.6 Å². The largest absolute Gasteiger partial charge is 0.448 e. The molecule has 0 saturated carbocycles. The molecule has 0 unspecified atom stereocenters. The average molecular weight is 416 g/mol. The summed E-state index contributed by atoms with van der Waals surface area (Å²) >= 11 is 0. The number of fused-ring (bicyclic) bond motifs is 3. The molecule has 0 aliphatic carbocycles. The number of hydrogen-bond donors (Lipinski definition) is 2. The van der Waals surface area contributed by atoms with Crippen molar-refractivity contribution >= 4 is 45.2 Å². The molecule has 1 heterocycles. The number of amides is 2. The van der Waals surface area contributed by atoms with Crippen molar-refractivity contribution in [2.24, 2.45) is 5.73 Å². The molecular weight excluding hydrogens is 396 g/mol. The van der Waals surface area contributed by atoms with E-state index in [1.807, 2.05) is 36.4 Å². The predicted molar refractivity (Wildman–Crippen MR) is 117 cm³/mol.